The summed E-state index contributed by atoms with van der Waals surface area (Å²) in [5.41, 5.74) is 13.1. The second-order valence-electron chi connectivity index (χ2n) is 4.09. The third-order valence-electron chi connectivity index (χ3n) is 2.99. The molecule has 0 radical (unpaired) electrons. The van der Waals surface area contributed by atoms with Crippen LogP contribution in [0.25, 0.3) is 0 Å². The number of nitrogen functional groups attached to an aromatic ring is 1. The van der Waals surface area contributed by atoms with Crippen LogP contribution in [0.1, 0.15) is 31.9 Å². The zero-order valence-electron chi connectivity index (χ0n) is 10.3. The lowest BCUT2D eigenvalue weighted by Gasteiger charge is -2.22. The minimum Gasteiger partial charge on any atom is -0.399 e. The van der Waals surface area contributed by atoms with Gasteiger partial charge in [-0.05, 0) is 24.1 Å². The molecular formula is C12H20N2O2S. The Morgan fingerprint density at radius 2 is 1.71 bits per heavy atom. The molecule has 0 heterocycles. The number of hydrogen-bond acceptors (Lipinski definition) is 4. The first-order valence-corrected chi connectivity index (χ1v) is 7.46. The van der Waals surface area contributed by atoms with Crippen molar-refractivity contribution in [2.45, 2.75) is 31.6 Å². The van der Waals surface area contributed by atoms with Crippen LogP contribution in [0.4, 0.5) is 5.69 Å². The van der Waals surface area contributed by atoms with E-state index >= 15 is 0 Å². The summed E-state index contributed by atoms with van der Waals surface area (Å²) >= 11 is 0. The summed E-state index contributed by atoms with van der Waals surface area (Å²) in [5.74, 6) is 0.119. The van der Waals surface area contributed by atoms with E-state index < -0.39 is 21.1 Å². The predicted octanol–water partition coefficient (Wildman–Crippen LogP) is 1.48. The average molecular weight is 256 g/mol. The molecule has 4 N–H and O–H groups in total. The third-order valence-corrected chi connectivity index (χ3v) is 5.34. The highest BCUT2D eigenvalue weighted by molar-refractivity contribution is 7.92. The highest BCUT2D eigenvalue weighted by atomic mass is 32.2. The Morgan fingerprint density at radius 3 is 2.12 bits per heavy atom. The number of hydrogen-bond donors (Lipinski definition) is 2. The fourth-order valence-corrected chi connectivity index (χ4v) is 3.42. The number of rotatable bonds is 5. The smallest absolute Gasteiger partial charge is 0.154 e. The van der Waals surface area contributed by atoms with Crippen LogP contribution in [-0.4, -0.2) is 19.4 Å². The Bertz CT molecular complexity index is 454. The third kappa shape index (κ3) is 3.20. The second-order valence-corrected chi connectivity index (χ2v) is 6.60. The van der Waals surface area contributed by atoms with E-state index in [9.17, 15) is 8.42 Å². The topological polar surface area (TPSA) is 86.2 Å². The molecule has 5 heteroatoms. The Hall–Kier alpha value is -1.07. The molecule has 0 saturated carbocycles. The first kappa shape index (κ1) is 14.0. The molecule has 4 nitrogen and oxygen atoms in total. The first-order valence-electron chi connectivity index (χ1n) is 5.75. The van der Waals surface area contributed by atoms with Crippen molar-refractivity contribution >= 4 is 15.5 Å². The van der Waals surface area contributed by atoms with Crippen LogP contribution in [0.15, 0.2) is 24.3 Å². The van der Waals surface area contributed by atoms with Crippen LogP contribution in [0.5, 0.6) is 0 Å². The minimum atomic E-state index is -3.12. The van der Waals surface area contributed by atoms with Gasteiger partial charge >= 0.3 is 0 Å². The summed E-state index contributed by atoms with van der Waals surface area (Å²) in [6, 6.07) is 6.55. The Kier molecular flexibility index (Phi) is 4.54. The summed E-state index contributed by atoms with van der Waals surface area (Å²) < 4.78 is 23.8. The molecule has 0 aliphatic rings. The molecule has 0 unspecified atom stereocenters. The van der Waals surface area contributed by atoms with E-state index in [1.807, 2.05) is 6.92 Å². The van der Waals surface area contributed by atoms with E-state index in [-0.39, 0.29) is 5.75 Å². The molecule has 0 aliphatic heterocycles. The summed E-state index contributed by atoms with van der Waals surface area (Å²) in [4.78, 5) is 0. The molecule has 0 aromatic heterocycles. The molecule has 1 rings (SSSR count). The lowest BCUT2D eigenvalue weighted by atomic mass is 10.0. The Morgan fingerprint density at radius 1 is 1.18 bits per heavy atom. The van der Waals surface area contributed by atoms with Crippen LogP contribution in [0, 0.1) is 0 Å². The molecule has 0 amide bonds. The maximum atomic E-state index is 11.9. The molecule has 1 aromatic rings. The standard InChI is InChI=1S/C12H20N2O2S/c1-3-11(17(15,16)4-2)12(14)9-5-7-10(13)8-6-9/h5-8,11-12H,3-4,13-14H2,1-2H3/t11-,12-/m0/s1. The van der Waals surface area contributed by atoms with Crippen molar-refractivity contribution < 1.29 is 8.42 Å². The number of sulfone groups is 1. The van der Waals surface area contributed by atoms with Crippen molar-refractivity contribution in [3.05, 3.63) is 29.8 Å². The molecule has 0 spiro atoms. The number of nitrogens with two attached hydrogens (primary N) is 2. The van der Waals surface area contributed by atoms with Gasteiger partial charge in [-0.3, -0.25) is 0 Å². The van der Waals surface area contributed by atoms with E-state index in [0.29, 0.717) is 12.1 Å². The van der Waals surface area contributed by atoms with Crippen LogP contribution in [0.3, 0.4) is 0 Å². The summed E-state index contributed by atoms with van der Waals surface area (Å²) in [6.45, 7) is 3.49. The minimum absolute atomic E-state index is 0.119. The lowest BCUT2D eigenvalue weighted by molar-refractivity contribution is 0.549. The highest BCUT2D eigenvalue weighted by Crippen LogP contribution is 2.23. The molecule has 96 valence electrons. The van der Waals surface area contributed by atoms with Gasteiger partial charge in [-0.1, -0.05) is 26.0 Å². The lowest BCUT2D eigenvalue weighted by Crippen LogP contribution is -2.34. The maximum Gasteiger partial charge on any atom is 0.154 e. The van der Waals surface area contributed by atoms with Crippen LogP contribution in [0.2, 0.25) is 0 Å². The Balaban J connectivity index is 3.02. The van der Waals surface area contributed by atoms with Crippen molar-refractivity contribution in [1.29, 1.82) is 0 Å². The van der Waals surface area contributed by atoms with Gasteiger partial charge in [0.1, 0.15) is 0 Å². The summed E-state index contributed by atoms with van der Waals surface area (Å²) in [5, 5.41) is -0.531. The van der Waals surface area contributed by atoms with Gasteiger partial charge in [-0.25, -0.2) is 8.42 Å². The molecule has 0 saturated heterocycles. The summed E-state index contributed by atoms with van der Waals surface area (Å²) in [6.07, 6.45) is 0.516. The van der Waals surface area contributed by atoms with Crippen molar-refractivity contribution in [2.24, 2.45) is 5.73 Å². The van der Waals surface area contributed by atoms with Crippen LogP contribution in [-0.2, 0) is 9.84 Å². The van der Waals surface area contributed by atoms with Gasteiger partial charge in [0.15, 0.2) is 9.84 Å². The fourth-order valence-electron chi connectivity index (χ4n) is 1.88. The van der Waals surface area contributed by atoms with E-state index in [1.165, 1.54) is 0 Å². The molecule has 0 fully saturated rings. The average Bonchev–Trinajstić information content (AvgIpc) is 2.30. The zero-order chi connectivity index (χ0) is 13.1. The van der Waals surface area contributed by atoms with Gasteiger partial charge in [-0.2, -0.15) is 0 Å². The molecule has 1 aromatic carbocycles. The quantitative estimate of drug-likeness (QED) is 0.781. The SMILES string of the molecule is CC[C@@H]([C@@H](N)c1ccc(N)cc1)S(=O)(=O)CC. The van der Waals surface area contributed by atoms with Crippen LogP contribution < -0.4 is 11.5 Å². The fraction of sp³-hybridized carbons (Fsp3) is 0.500. The van der Waals surface area contributed by atoms with Crippen molar-refractivity contribution in [3.8, 4) is 0 Å². The zero-order valence-corrected chi connectivity index (χ0v) is 11.1. The van der Waals surface area contributed by atoms with Crippen molar-refractivity contribution in [2.75, 3.05) is 11.5 Å². The Labute approximate surface area is 103 Å². The first-order chi connectivity index (χ1) is 7.92. The van der Waals surface area contributed by atoms with Gasteiger partial charge < -0.3 is 11.5 Å². The van der Waals surface area contributed by atoms with E-state index in [2.05, 4.69) is 0 Å². The van der Waals surface area contributed by atoms with Gasteiger partial charge in [0, 0.05) is 17.5 Å². The van der Waals surface area contributed by atoms with Gasteiger partial charge in [0.25, 0.3) is 0 Å². The van der Waals surface area contributed by atoms with Crippen molar-refractivity contribution in [1.82, 2.24) is 0 Å². The van der Waals surface area contributed by atoms with E-state index in [0.717, 1.165) is 5.56 Å². The molecule has 2 atom stereocenters. The maximum absolute atomic E-state index is 11.9. The van der Waals surface area contributed by atoms with E-state index in [1.54, 1.807) is 31.2 Å². The van der Waals surface area contributed by atoms with E-state index in [4.69, 9.17) is 11.5 Å². The summed E-state index contributed by atoms with van der Waals surface area (Å²) in [7, 11) is -3.12. The van der Waals surface area contributed by atoms with Gasteiger partial charge in [0.05, 0.1) is 5.25 Å². The predicted molar refractivity (Wildman–Crippen MR) is 71.3 cm³/mol. The number of anilines is 1. The molecule has 0 aliphatic carbocycles. The number of benzene rings is 1. The van der Waals surface area contributed by atoms with Gasteiger partial charge in [0.2, 0.25) is 0 Å². The largest absolute Gasteiger partial charge is 0.399 e. The highest BCUT2D eigenvalue weighted by Gasteiger charge is 2.29. The normalized spacial score (nSPS) is 15.5. The molecule has 17 heavy (non-hydrogen) atoms. The monoisotopic (exact) mass is 256 g/mol. The van der Waals surface area contributed by atoms with Crippen LogP contribution >= 0.6 is 0 Å². The molecule has 0 bridgehead atoms. The second kappa shape index (κ2) is 5.51. The van der Waals surface area contributed by atoms with Crippen molar-refractivity contribution in [3.63, 3.8) is 0 Å². The van der Waals surface area contributed by atoms with Gasteiger partial charge in [-0.15, -0.1) is 0 Å². The molecular weight excluding hydrogens is 236 g/mol.